The summed E-state index contributed by atoms with van der Waals surface area (Å²) in [6.45, 7) is 1.51. The molecule has 0 aliphatic carbocycles. The van der Waals surface area contributed by atoms with Crippen LogP contribution in [0.15, 0.2) is 54.6 Å². The molecule has 2 amide bonds. The summed E-state index contributed by atoms with van der Waals surface area (Å²) in [4.78, 5) is 41.7. The normalized spacial score (nSPS) is 22.7. The molecular formula is C24H24N2O4. The van der Waals surface area contributed by atoms with Crippen LogP contribution in [-0.4, -0.2) is 47.7 Å². The third-order valence-electron chi connectivity index (χ3n) is 6.53. The van der Waals surface area contributed by atoms with Gasteiger partial charge < -0.3 is 14.5 Å². The van der Waals surface area contributed by atoms with E-state index in [0.717, 1.165) is 5.69 Å². The van der Waals surface area contributed by atoms with Crippen molar-refractivity contribution in [2.75, 3.05) is 24.5 Å². The molecule has 3 heterocycles. The second-order valence-corrected chi connectivity index (χ2v) is 8.45. The number of piperidine rings is 1. The van der Waals surface area contributed by atoms with Crippen molar-refractivity contribution < 1.29 is 19.1 Å². The lowest BCUT2D eigenvalue weighted by Crippen LogP contribution is -2.53. The number of likely N-dealkylation sites (tertiary alicyclic amines) is 1. The standard InChI is InChI=1S/C24H24N2O4/c27-20-15-24(30-21-9-5-4-8-19(20)21)10-12-25(13-11-24)23(29)17-14-22(28)26(16-17)18-6-2-1-3-7-18/h1-9,17H,10-16H2/t17-/m1/s1. The molecule has 6 heteroatoms. The number of Topliss-reactive ketones (excluding diaryl/α,β-unsaturated/α-hetero) is 1. The Morgan fingerprint density at radius 3 is 2.43 bits per heavy atom. The third kappa shape index (κ3) is 3.26. The van der Waals surface area contributed by atoms with Crippen LogP contribution < -0.4 is 9.64 Å². The van der Waals surface area contributed by atoms with Crippen LogP contribution in [0.2, 0.25) is 0 Å². The molecule has 2 fully saturated rings. The molecule has 154 valence electrons. The van der Waals surface area contributed by atoms with Gasteiger partial charge in [-0.15, -0.1) is 0 Å². The number of hydrogen-bond acceptors (Lipinski definition) is 4. The van der Waals surface area contributed by atoms with Crippen molar-refractivity contribution in [3.63, 3.8) is 0 Å². The SMILES string of the molecule is O=C1CC2(CCN(C(=O)[C@@H]3CC(=O)N(c4ccccc4)C3)CC2)Oc2ccccc21. The number of hydrogen-bond donors (Lipinski definition) is 0. The molecule has 0 bridgehead atoms. The zero-order valence-corrected chi connectivity index (χ0v) is 16.8. The first kappa shape index (κ1) is 18.9. The number of nitrogens with zero attached hydrogens (tertiary/aromatic N) is 2. The van der Waals surface area contributed by atoms with Gasteiger partial charge in [0.1, 0.15) is 11.4 Å². The molecule has 6 nitrogen and oxygen atoms in total. The van der Waals surface area contributed by atoms with Gasteiger partial charge in [0.15, 0.2) is 5.78 Å². The second-order valence-electron chi connectivity index (χ2n) is 8.45. The molecule has 0 saturated carbocycles. The van der Waals surface area contributed by atoms with E-state index in [0.29, 0.717) is 50.2 Å². The topological polar surface area (TPSA) is 66.9 Å². The van der Waals surface area contributed by atoms with Gasteiger partial charge in [-0.05, 0) is 24.3 Å². The van der Waals surface area contributed by atoms with E-state index in [-0.39, 0.29) is 29.9 Å². The highest BCUT2D eigenvalue weighted by Crippen LogP contribution is 2.39. The summed E-state index contributed by atoms with van der Waals surface area (Å²) >= 11 is 0. The fourth-order valence-electron chi connectivity index (χ4n) is 4.85. The summed E-state index contributed by atoms with van der Waals surface area (Å²) in [5.74, 6) is 0.455. The Morgan fingerprint density at radius 2 is 1.67 bits per heavy atom. The molecule has 0 radical (unpaired) electrons. The van der Waals surface area contributed by atoms with Crippen molar-refractivity contribution in [3.05, 3.63) is 60.2 Å². The molecule has 0 aromatic heterocycles. The first-order valence-corrected chi connectivity index (χ1v) is 10.5. The molecule has 2 aromatic carbocycles. The highest BCUT2D eigenvalue weighted by molar-refractivity contribution is 6.01. The number of amides is 2. The summed E-state index contributed by atoms with van der Waals surface area (Å²) in [6.07, 6.45) is 1.86. The zero-order chi connectivity index (χ0) is 20.7. The lowest BCUT2D eigenvalue weighted by Gasteiger charge is -2.44. The van der Waals surface area contributed by atoms with E-state index in [1.165, 1.54) is 0 Å². The van der Waals surface area contributed by atoms with E-state index < -0.39 is 5.60 Å². The van der Waals surface area contributed by atoms with Crippen LogP contribution in [0.3, 0.4) is 0 Å². The molecule has 3 aliphatic heterocycles. The highest BCUT2D eigenvalue weighted by atomic mass is 16.5. The van der Waals surface area contributed by atoms with Crippen LogP contribution in [0.5, 0.6) is 5.75 Å². The number of para-hydroxylation sites is 2. The van der Waals surface area contributed by atoms with Gasteiger partial charge in [-0.2, -0.15) is 0 Å². The number of ether oxygens (including phenoxy) is 1. The van der Waals surface area contributed by atoms with Crippen molar-refractivity contribution in [2.45, 2.75) is 31.3 Å². The van der Waals surface area contributed by atoms with Gasteiger partial charge in [0.2, 0.25) is 11.8 Å². The Morgan fingerprint density at radius 1 is 0.967 bits per heavy atom. The van der Waals surface area contributed by atoms with Gasteiger partial charge in [-0.1, -0.05) is 30.3 Å². The molecule has 2 saturated heterocycles. The van der Waals surface area contributed by atoms with Crippen LogP contribution >= 0.6 is 0 Å². The van der Waals surface area contributed by atoms with E-state index in [2.05, 4.69) is 0 Å². The van der Waals surface area contributed by atoms with Crippen molar-refractivity contribution >= 4 is 23.3 Å². The number of fused-ring (bicyclic) bond motifs is 1. The van der Waals surface area contributed by atoms with E-state index in [1.54, 1.807) is 11.0 Å². The summed E-state index contributed by atoms with van der Waals surface area (Å²) in [5.41, 5.74) is 0.958. The van der Waals surface area contributed by atoms with Crippen molar-refractivity contribution in [1.82, 2.24) is 4.90 Å². The maximum Gasteiger partial charge on any atom is 0.228 e. The van der Waals surface area contributed by atoms with Crippen LogP contribution in [0.1, 0.15) is 36.0 Å². The Labute approximate surface area is 175 Å². The smallest absolute Gasteiger partial charge is 0.228 e. The lowest BCUT2D eigenvalue weighted by atomic mass is 9.82. The first-order chi connectivity index (χ1) is 14.5. The fraction of sp³-hybridized carbons (Fsp3) is 0.375. The zero-order valence-electron chi connectivity index (χ0n) is 16.8. The van der Waals surface area contributed by atoms with E-state index in [1.807, 2.05) is 53.4 Å². The van der Waals surface area contributed by atoms with Gasteiger partial charge in [0.05, 0.1) is 17.9 Å². The maximum atomic E-state index is 13.1. The van der Waals surface area contributed by atoms with Crippen molar-refractivity contribution in [1.29, 1.82) is 0 Å². The first-order valence-electron chi connectivity index (χ1n) is 10.5. The van der Waals surface area contributed by atoms with Gasteiger partial charge >= 0.3 is 0 Å². The number of ketones is 1. The number of carbonyl (C=O) groups is 3. The number of anilines is 1. The van der Waals surface area contributed by atoms with E-state index in [4.69, 9.17) is 4.74 Å². The van der Waals surface area contributed by atoms with E-state index >= 15 is 0 Å². The van der Waals surface area contributed by atoms with Crippen molar-refractivity contribution in [2.24, 2.45) is 5.92 Å². The minimum absolute atomic E-state index is 0.00847. The number of carbonyl (C=O) groups excluding carboxylic acids is 3. The van der Waals surface area contributed by atoms with Crippen LogP contribution in [0, 0.1) is 5.92 Å². The molecule has 30 heavy (non-hydrogen) atoms. The average molecular weight is 404 g/mol. The van der Waals surface area contributed by atoms with E-state index in [9.17, 15) is 14.4 Å². The third-order valence-corrected chi connectivity index (χ3v) is 6.53. The molecule has 0 unspecified atom stereocenters. The summed E-state index contributed by atoms with van der Waals surface area (Å²) in [5, 5.41) is 0. The van der Waals surface area contributed by atoms with Gasteiger partial charge in [0.25, 0.3) is 0 Å². The average Bonchev–Trinajstić information content (AvgIpc) is 3.16. The van der Waals surface area contributed by atoms with Gasteiger partial charge in [-0.3, -0.25) is 14.4 Å². The maximum absolute atomic E-state index is 13.1. The van der Waals surface area contributed by atoms with Gasteiger partial charge in [0, 0.05) is 44.6 Å². The Bertz CT molecular complexity index is 995. The molecule has 1 atom stereocenters. The lowest BCUT2D eigenvalue weighted by molar-refractivity contribution is -0.139. The quantitative estimate of drug-likeness (QED) is 0.772. The number of rotatable bonds is 2. The summed E-state index contributed by atoms with van der Waals surface area (Å²) < 4.78 is 6.26. The Balaban J connectivity index is 1.24. The second kappa shape index (κ2) is 7.27. The number of benzene rings is 2. The highest BCUT2D eigenvalue weighted by Gasteiger charge is 2.45. The monoisotopic (exact) mass is 404 g/mol. The predicted octanol–water partition coefficient (Wildman–Crippen LogP) is 3.07. The predicted molar refractivity (Wildman–Crippen MR) is 111 cm³/mol. The largest absolute Gasteiger partial charge is 0.486 e. The van der Waals surface area contributed by atoms with Crippen molar-refractivity contribution in [3.8, 4) is 5.75 Å². The Hall–Kier alpha value is -3.15. The van der Waals surface area contributed by atoms with Crippen LogP contribution in [0.4, 0.5) is 5.69 Å². The molecule has 1 spiro atoms. The minimum Gasteiger partial charge on any atom is -0.486 e. The van der Waals surface area contributed by atoms with Gasteiger partial charge in [-0.25, -0.2) is 0 Å². The fourth-order valence-corrected chi connectivity index (χ4v) is 4.85. The molecule has 5 rings (SSSR count). The summed E-state index contributed by atoms with van der Waals surface area (Å²) in [6, 6.07) is 16.9. The minimum atomic E-state index is -0.524. The summed E-state index contributed by atoms with van der Waals surface area (Å²) in [7, 11) is 0. The van der Waals surface area contributed by atoms with Crippen LogP contribution in [-0.2, 0) is 9.59 Å². The van der Waals surface area contributed by atoms with Crippen LogP contribution in [0.25, 0.3) is 0 Å². The molecule has 2 aromatic rings. The molecular weight excluding hydrogens is 380 g/mol. The Kier molecular flexibility index (Phi) is 4.57. The molecule has 3 aliphatic rings. The molecule has 0 N–H and O–H groups in total.